The molecule has 1 fully saturated rings. The summed E-state index contributed by atoms with van der Waals surface area (Å²) in [5, 5.41) is 0. The fourth-order valence-electron chi connectivity index (χ4n) is 1.96. The average molecular weight is 199 g/mol. The van der Waals surface area contributed by atoms with Gasteiger partial charge < -0.3 is 0 Å². The van der Waals surface area contributed by atoms with E-state index in [1.807, 2.05) is 0 Å². The third-order valence-electron chi connectivity index (χ3n) is 2.80. The van der Waals surface area contributed by atoms with Crippen LogP contribution in [0, 0.1) is 0 Å². The molecule has 1 aliphatic heterocycles. The van der Waals surface area contributed by atoms with Gasteiger partial charge >= 0.3 is 0 Å². The second-order valence-electron chi connectivity index (χ2n) is 5.50. The summed E-state index contributed by atoms with van der Waals surface area (Å²) in [6.07, 6.45) is 0. The molecular weight excluding hydrogens is 174 g/mol. The first-order valence-corrected chi connectivity index (χ1v) is 5.52. The molecule has 14 heavy (non-hydrogen) atoms. The normalized spacial score (nSPS) is 21.9. The van der Waals surface area contributed by atoms with Crippen molar-refractivity contribution in [2.75, 3.05) is 46.9 Å². The maximum atomic E-state index is 2.57. The molecule has 1 aliphatic rings. The summed E-state index contributed by atoms with van der Waals surface area (Å²) < 4.78 is 0. The number of piperazine rings is 1. The van der Waals surface area contributed by atoms with Crippen LogP contribution in [-0.4, -0.2) is 67.2 Å². The van der Waals surface area contributed by atoms with Gasteiger partial charge in [-0.1, -0.05) is 0 Å². The molecule has 0 atom stereocenters. The smallest absolute Gasteiger partial charge is 0.0501 e. The van der Waals surface area contributed by atoms with Crippen molar-refractivity contribution in [3.05, 3.63) is 0 Å². The Labute approximate surface area is 88.7 Å². The van der Waals surface area contributed by atoms with E-state index in [-0.39, 0.29) is 0 Å². The van der Waals surface area contributed by atoms with Crippen molar-refractivity contribution in [2.24, 2.45) is 0 Å². The molecule has 0 saturated carbocycles. The zero-order valence-corrected chi connectivity index (χ0v) is 10.4. The zero-order chi connectivity index (χ0) is 10.8. The van der Waals surface area contributed by atoms with Crippen molar-refractivity contribution in [1.82, 2.24) is 14.7 Å². The lowest BCUT2D eigenvalue weighted by Crippen LogP contribution is -2.54. The molecule has 0 N–H and O–H groups in total. The van der Waals surface area contributed by atoms with E-state index in [9.17, 15) is 0 Å². The first-order chi connectivity index (χ1) is 6.39. The summed E-state index contributed by atoms with van der Waals surface area (Å²) in [5.41, 5.74) is 0.338. The Bertz CT molecular complexity index is 164. The van der Waals surface area contributed by atoms with Gasteiger partial charge in [-0.15, -0.1) is 0 Å². The summed E-state index contributed by atoms with van der Waals surface area (Å²) in [6.45, 7) is 12.8. The Hall–Kier alpha value is -0.120. The van der Waals surface area contributed by atoms with E-state index >= 15 is 0 Å². The first kappa shape index (κ1) is 12.0. The fraction of sp³-hybridized carbons (Fsp3) is 1.00. The Balaban J connectivity index is 2.31. The minimum absolute atomic E-state index is 0.338. The number of rotatable bonds is 2. The predicted molar refractivity (Wildman–Crippen MR) is 61.5 cm³/mol. The predicted octanol–water partition coefficient (Wildman–Crippen LogP) is 0.922. The van der Waals surface area contributed by atoms with Gasteiger partial charge in [-0.3, -0.25) is 14.7 Å². The highest BCUT2D eigenvalue weighted by molar-refractivity contribution is 4.81. The Morgan fingerprint density at radius 1 is 1.00 bits per heavy atom. The van der Waals surface area contributed by atoms with Crippen LogP contribution in [0.1, 0.15) is 20.8 Å². The van der Waals surface area contributed by atoms with Gasteiger partial charge in [0.2, 0.25) is 0 Å². The van der Waals surface area contributed by atoms with Crippen LogP contribution in [0.4, 0.5) is 0 Å². The van der Waals surface area contributed by atoms with Crippen molar-refractivity contribution in [3.8, 4) is 0 Å². The van der Waals surface area contributed by atoms with Crippen LogP contribution in [0.2, 0.25) is 0 Å². The molecule has 0 bridgehead atoms. The second kappa shape index (κ2) is 4.60. The minimum Gasteiger partial charge on any atom is -0.297 e. The second-order valence-corrected chi connectivity index (χ2v) is 5.50. The molecule has 3 heteroatoms. The molecule has 0 unspecified atom stereocenters. The SMILES string of the molecule is CN(C)CN1CCN(C(C)(C)C)CC1. The lowest BCUT2D eigenvalue weighted by atomic mass is 10.1. The Morgan fingerprint density at radius 2 is 1.50 bits per heavy atom. The van der Waals surface area contributed by atoms with Crippen molar-refractivity contribution in [2.45, 2.75) is 26.3 Å². The highest BCUT2D eigenvalue weighted by Gasteiger charge is 2.25. The summed E-state index contributed by atoms with van der Waals surface area (Å²) in [5.74, 6) is 0. The molecule has 0 aromatic carbocycles. The molecule has 1 saturated heterocycles. The first-order valence-electron chi connectivity index (χ1n) is 5.52. The molecule has 0 aromatic heterocycles. The van der Waals surface area contributed by atoms with Crippen LogP contribution in [0.3, 0.4) is 0 Å². The minimum atomic E-state index is 0.338. The fourth-order valence-corrected chi connectivity index (χ4v) is 1.96. The van der Waals surface area contributed by atoms with Crippen LogP contribution in [0.25, 0.3) is 0 Å². The third-order valence-corrected chi connectivity index (χ3v) is 2.80. The topological polar surface area (TPSA) is 9.72 Å². The Morgan fingerprint density at radius 3 is 1.86 bits per heavy atom. The molecule has 84 valence electrons. The molecule has 0 amide bonds. The van der Waals surface area contributed by atoms with Gasteiger partial charge in [0.15, 0.2) is 0 Å². The average Bonchev–Trinajstić information content (AvgIpc) is 2.02. The van der Waals surface area contributed by atoms with E-state index < -0.39 is 0 Å². The van der Waals surface area contributed by atoms with Crippen LogP contribution in [0.15, 0.2) is 0 Å². The molecule has 0 spiro atoms. The van der Waals surface area contributed by atoms with Gasteiger partial charge in [-0.2, -0.15) is 0 Å². The largest absolute Gasteiger partial charge is 0.297 e. The van der Waals surface area contributed by atoms with Crippen molar-refractivity contribution in [1.29, 1.82) is 0 Å². The highest BCUT2D eigenvalue weighted by atomic mass is 15.3. The third kappa shape index (κ3) is 3.56. The zero-order valence-electron chi connectivity index (χ0n) is 10.4. The summed E-state index contributed by atoms with van der Waals surface area (Å²) in [6, 6.07) is 0. The maximum Gasteiger partial charge on any atom is 0.0501 e. The van der Waals surface area contributed by atoms with E-state index in [4.69, 9.17) is 0 Å². The van der Waals surface area contributed by atoms with Crippen LogP contribution < -0.4 is 0 Å². The summed E-state index contributed by atoms with van der Waals surface area (Å²) in [4.78, 5) is 7.33. The molecule has 0 radical (unpaired) electrons. The molecular formula is C11H25N3. The summed E-state index contributed by atoms with van der Waals surface area (Å²) >= 11 is 0. The lowest BCUT2D eigenvalue weighted by molar-refractivity contribution is 0.0433. The molecule has 1 heterocycles. The van der Waals surface area contributed by atoms with E-state index in [1.54, 1.807) is 0 Å². The van der Waals surface area contributed by atoms with Crippen LogP contribution in [-0.2, 0) is 0 Å². The van der Waals surface area contributed by atoms with E-state index in [0.29, 0.717) is 5.54 Å². The van der Waals surface area contributed by atoms with E-state index in [0.717, 1.165) is 6.67 Å². The molecule has 1 rings (SSSR count). The van der Waals surface area contributed by atoms with Crippen molar-refractivity contribution in [3.63, 3.8) is 0 Å². The van der Waals surface area contributed by atoms with Gasteiger partial charge in [-0.05, 0) is 34.9 Å². The number of hydrogen-bond acceptors (Lipinski definition) is 3. The quantitative estimate of drug-likeness (QED) is 0.655. The standard InChI is InChI=1S/C11H25N3/c1-11(2,3)14-8-6-13(7-9-14)10-12(4)5/h6-10H2,1-5H3. The van der Waals surface area contributed by atoms with E-state index in [1.165, 1.54) is 26.2 Å². The van der Waals surface area contributed by atoms with Crippen LogP contribution in [0.5, 0.6) is 0 Å². The van der Waals surface area contributed by atoms with Gasteiger partial charge in [0, 0.05) is 31.7 Å². The van der Waals surface area contributed by atoms with Crippen LogP contribution >= 0.6 is 0 Å². The van der Waals surface area contributed by atoms with Gasteiger partial charge in [0.05, 0.1) is 6.67 Å². The maximum absolute atomic E-state index is 2.57. The number of hydrogen-bond donors (Lipinski definition) is 0. The Kier molecular flexibility index (Phi) is 3.93. The molecule has 3 nitrogen and oxygen atoms in total. The highest BCUT2D eigenvalue weighted by Crippen LogP contribution is 2.15. The lowest BCUT2D eigenvalue weighted by Gasteiger charge is -2.42. The van der Waals surface area contributed by atoms with Crippen molar-refractivity contribution >= 4 is 0 Å². The van der Waals surface area contributed by atoms with Gasteiger partial charge in [-0.25, -0.2) is 0 Å². The van der Waals surface area contributed by atoms with Gasteiger partial charge in [0.25, 0.3) is 0 Å². The van der Waals surface area contributed by atoms with Gasteiger partial charge in [0.1, 0.15) is 0 Å². The summed E-state index contributed by atoms with van der Waals surface area (Å²) in [7, 11) is 4.27. The molecule has 0 aliphatic carbocycles. The molecule has 0 aromatic rings. The van der Waals surface area contributed by atoms with Crippen molar-refractivity contribution < 1.29 is 0 Å². The van der Waals surface area contributed by atoms with E-state index in [2.05, 4.69) is 49.6 Å². The number of nitrogens with zero attached hydrogens (tertiary/aromatic N) is 3. The monoisotopic (exact) mass is 199 g/mol.